The second-order valence-electron chi connectivity index (χ2n) is 13.7. The van der Waals surface area contributed by atoms with Gasteiger partial charge in [0.2, 0.25) is 0 Å². The van der Waals surface area contributed by atoms with Crippen molar-refractivity contribution >= 4 is 60.2 Å². The average molecular weight is 674 g/mol. The van der Waals surface area contributed by atoms with Gasteiger partial charge in [-0.1, -0.05) is 176 Å². The van der Waals surface area contributed by atoms with Gasteiger partial charge in [-0.2, -0.15) is 0 Å². The molecule has 0 bridgehead atoms. The molecule has 0 aliphatic heterocycles. The summed E-state index contributed by atoms with van der Waals surface area (Å²) in [6, 6.07) is 77.4. The molecule has 0 radical (unpaired) electrons. The molecule has 0 atom stereocenters. The summed E-state index contributed by atoms with van der Waals surface area (Å²) in [6.07, 6.45) is 0. The van der Waals surface area contributed by atoms with E-state index in [-0.39, 0.29) is 0 Å². The van der Waals surface area contributed by atoms with Crippen LogP contribution in [0, 0.1) is 0 Å². The van der Waals surface area contributed by atoms with Crippen LogP contribution in [0.1, 0.15) is 0 Å². The molecule has 0 heterocycles. The summed E-state index contributed by atoms with van der Waals surface area (Å²) in [4.78, 5) is 2.47. The van der Waals surface area contributed by atoms with E-state index in [1.807, 2.05) is 0 Å². The second-order valence-corrected chi connectivity index (χ2v) is 13.7. The zero-order valence-electron chi connectivity index (χ0n) is 29.2. The second kappa shape index (κ2) is 13.0. The van der Waals surface area contributed by atoms with E-state index in [9.17, 15) is 0 Å². The van der Waals surface area contributed by atoms with E-state index in [0.717, 1.165) is 17.1 Å². The molecule has 0 aromatic heterocycles. The lowest BCUT2D eigenvalue weighted by Crippen LogP contribution is -2.12. The molecule has 0 spiro atoms. The zero-order chi connectivity index (χ0) is 35.1. The van der Waals surface area contributed by atoms with E-state index in [1.165, 1.54) is 76.5 Å². The lowest BCUT2D eigenvalue weighted by atomic mass is 9.92. The molecular weight excluding hydrogens is 639 g/mol. The molecular formula is C52H35N. The van der Waals surface area contributed by atoms with Gasteiger partial charge in [-0.05, 0) is 102 Å². The van der Waals surface area contributed by atoms with E-state index >= 15 is 0 Å². The Morgan fingerprint density at radius 3 is 1.68 bits per heavy atom. The molecule has 10 aromatic rings. The molecule has 53 heavy (non-hydrogen) atoms. The maximum absolute atomic E-state index is 2.47. The Kier molecular flexibility index (Phi) is 7.55. The van der Waals surface area contributed by atoms with Gasteiger partial charge in [-0.25, -0.2) is 0 Å². The quantitative estimate of drug-likeness (QED) is 0.159. The van der Waals surface area contributed by atoms with Gasteiger partial charge in [0.25, 0.3) is 0 Å². The molecule has 0 unspecified atom stereocenters. The Balaban J connectivity index is 1.23. The van der Waals surface area contributed by atoms with Crippen LogP contribution in [-0.4, -0.2) is 0 Å². The first kappa shape index (κ1) is 30.8. The number of hydrogen-bond donors (Lipinski definition) is 0. The lowest BCUT2D eigenvalue weighted by Gasteiger charge is -2.30. The minimum absolute atomic E-state index is 1.10. The first-order valence-electron chi connectivity index (χ1n) is 18.3. The highest BCUT2D eigenvalue weighted by molar-refractivity contribution is 6.14. The van der Waals surface area contributed by atoms with Crippen LogP contribution in [0.3, 0.4) is 0 Å². The van der Waals surface area contributed by atoms with E-state index in [2.05, 4.69) is 217 Å². The molecule has 0 aliphatic carbocycles. The Bertz CT molecular complexity index is 2960. The maximum atomic E-state index is 2.47. The van der Waals surface area contributed by atoms with E-state index in [1.54, 1.807) is 0 Å². The third kappa shape index (κ3) is 5.42. The molecule has 0 saturated carbocycles. The first-order valence-corrected chi connectivity index (χ1v) is 18.3. The van der Waals surface area contributed by atoms with E-state index < -0.39 is 0 Å². The molecule has 10 rings (SSSR count). The molecule has 0 aliphatic rings. The zero-order valence-corrected chi connectivity index (χ0v) is 29.2. The number of para-hydroxylation sites is 1. The summed E-state index contributed by atoms with van der Waals surface area (Å²) in [7, 11) is 0. The van der Waals surface area contributed by atoms with Crippen molar-refractivity contribution in [2.75, 3.05) is 4.90 Å². The van der Waals surface area contributed by atoms with Crippen LogP contribution in [0.25, 0.3) is 76.5 Å². The summed E-state index contributed by atoms with van der Waals surface area (Å²) >= 11 is 0. The van der Waals surface area contributed by atoms with Crippen molar-refractivity contribution in [3.8, 4) is 33.4 Å². The summed E-state index contributed by atoms with van der Waals surface area (Å²) in [5.74, 6) is 0. The third-order valence-electron chi connectivity index (χ3n) is 10.6. The fourth-order valence-corrected chi connectivity index (χ4v) is 8.13. The van der Waals surface area contributed by atoms with Gasteiger partial charge < -0.3 is 4.90 Å². The number of nitrogens with zero attached hydrogens (tertiary/aromatic N) is 1. The van der Waals surface area contributed by atoms with Crippen LogP contribution in [0.5, 0.6) is 0 Å². The third-order valence-corrected chi connectivity index (χ3v) is 10.6. The van der Waals surface area contributed by atoms with Crippen molar-refractivity contribution in [3.63, 3.8) is 0 Å². The number of fused-ring (bicyclic) bond motifs is 5. The standard InChI is InChI=1S/C52H35N/c1-2-16-37(17-3-1)44-31-32-52(49-27-11-10-25-47(44)49)53(51-28-13-12-23-45(51)41-30-29-36-15-4-5-18-38(36)33-41)42-21-14-20-39(34-42)50-35-40-19-6-7-22-43(40)46-24-8-9-26-48(46)50/h1-35H. The van der Waals surface area contributed by atoms with Crippen molar-refractivity contribution in [2.24, 2.45) is 0 Å². The minimum atomic E-state index is 1.10. The van der Waals surface area contributed by atoms with Gasteiger partial charge in [0, 0.05) is 16.6 Å². The normalized spacial score (nSPS) is 11.4. The highest BCUT2D eigenvalue weighted by Gasteiger charge is 2.21. The smallest absolute Gasteiger partial charge is 0.0540 e. The van der Waals surface area contributed by atoms with Crippen LogP contribution < -0.4 is 4.90 Å². The number of benzene rings is 10. The molecule has 0 amide bonds. The van der Waals surface area contributed by atoms with Crippen molar-refractivity contribution < 1.29 is 0 Å². The van der Waals surface area contributed by atoms with E-state index in [4.69, 9.17) is 0 Å². The van der Waals surface area contributed by atoms with Gasteiger partial charge in [0.15, 0.2) is 0 Å². The van der Waals surface area contributed by atoms with Crippen LogP contribution in [0.15, 0.2) is 212 Å². The Morgan fingerprint density at radius 1 is 0.245 bits per heavy atom. The van der Waals surface area contributed by atoms with Crippen molar-refractivity contribution in [1.82, 2.24) is 0 Å². The molecule has 248 valence electrons. The molecule has 1 heteroatoms. The Labute approximate surface area is 309 Å². The summed E-state index contributed by atoms with van der Waals surface area (Å²) < 4.78 is 0. The molecule has 0 N–H and O–H groups in total. The Morgan fingerprint density at radius 2 is 0.849 bits per heavy atom. The highest BCUT2D eigenvalue weighted by atomic mass is 15.1. The molecule has 0 fully saturated rings. The van der Waals surface area contributed by atoms with Crippen molar-refractivity contribution in [1.29, 1.82) is 0 Å². The summed E-state index contributed by atoms with van der Waals surface area (Å²) in [5.41, 5.74) is 10.6. The Hall–Kier alpha value is -6.96. The van der Waals surface area contributed by atoms with Crippen LogP contribution in [-0.2, 0) is 0 Å². The first-order chi connectivity index (χ1) is 26.3. The summed E-state index contributed by atoms with van der Waals surface area (Å²) in [6.45, 7) is 0. The molecule has 10 aromatic carbocycles. The number of rotatable bonds is 6. The fourth-order valence-electron chi connectivity index (χ4n) is 8.13. The predicted molar refractivity (Wildman–Crippen MR) is 227 cm³/mol. The van der Waals surface area contributed by atoms with Crippen LogP contribution >= 0.6 is 0 Å². The highest BCUT2D eigenvalue weighted by Crippen LogP contribution is 2.46. The van der Waals surface area contributed by atoms with Crippen LogP contribution in [0.4, 0.5) is 17.1 Å². The lowest BCUT2D eigenvalue weighted by molar-refractivity contribution is 1.30. The number of hydrogen-bond acceptors (Lipinski definition) is 1. The predicted octanol–water partition coefficient (Wildman–Crippen LogP) is 14.8. The minimum Gasteiger partial charge on any atom is -0.309 e. The SMILES string of the molecule is c1ccc(-c2ccc(N(c3cccc(-c4cc5ccccc5c5ccccc45)c3)c3ccccc3-c3ccc4ccccc4c3)c3ccccc23)cc1. The molecule has 0 saturated heterocycles. The van der Waals surface area contributed by atoms with Gasteiger partial charge in [-0.15, -0.1) is 0 Å². The molecule has 1 nitrogen and oxygen atoms in total. The topological polar surface area (TPSA) is 3.24 Å². The average Bonchev–Trinajstić information content (AvgIpc) is 3.24. The van der Waals surface area contributed by atoms with Crippen molar-refractivity contribution in [2.45, 2.75) is 0 Å². The maximum Gasteiger partial charge on any atom is 0.0540 e. The van der Waals surface area contributed by atoms with Crippen LogP contribution in [0.2, 0.25) is 0 Å². The monoisotopic (exact) mass is 673 g/mol. The number of anilines is 3. The van der Waals surface area contributed by atoms with E-state index in [0.29, 0.717) is 0 Å². The van der Waals surface area contributed by atoms with Gasteiger partial charge in [0.05, 0.1) is 11.4 Å². The largest absolute Gasteiger partial charge is 0.309 e. The van der Waals surface area contributed by atoms with Crippen molar-refractivity contribution in [3.05, 3.63) is 212 Å². The van der Waals surface area contributed by atoms with Gasteiger partial charge in [-0.3, -0.25) is 0 Å². The summed E-state index contributed by atoms with van der Waals surface area (Å²) in [5, 5.41) is 9.94. The van der Waals surface area contributed by atoms with Gasteiger partial charge >= 0.3 is 0 Å². The van der Waals surface area contributed by atoms with Gasteiger partial charge in [0.1, 0.15) is 0 Å². The fraction of sp³-hybridized carbons (Fsp3) is 0.